The van der Waals surface area contributed by atoms with E-state index in [9.17, 15) is 0 Å². The van der Waals surface area contributed by atoms with Crippen molar-refractivity contribution in [1.82, 2.24) is 10.3 Å². The fourth-order valence-corrected chi connectivity index (χ4v) is 2.08. The summed E-state index contributed by atoms with van der Waals surface area (Å²) in [4.78, 5) is 4.17. The average molecular weight is 226 g/mol. The summed E-state index contributed by atoms with van der Waals surface area (Å²) >= 11 is 0. The highest BCUT2D eigenvalue weighted by atomic mass is 14.8. The molecule has 2 heteroatoms. The summed E-state index contributed by atoms with van der Waals surface area (Å²) in [6.45, 7) is 0.985. The van der Waals surface area contributed by atoms with Crippen molar-refractivity contribution in [3.8, 4) is 0 Å². The van der Waals surface area contributed by atoms with Gasteiger partial charge in [0.15, 0.2) is 0 Å². The Morgan fingerprint density at radius 2 is 1.94 bits per heavy atom. The Hall–Kier alpha value is -1.67. The van der Waals surface area contributed by atoms with Gasteiger partial charge in [0.05, 0.1) is 0 Å². The van der Waals surface area contributed by atoms with E-state index in [1.54, 1.807) is 0 Å². The molecule has 1 aromatic carbocycles. The van der Waals surface area contributed by atoms with E-state index in [0.717, 1.165) is 13.0 Å². The van der Waals surface area contributed by atoms with Crippen LogP contribution >= 0.6 is 0 Å². The summed E-state index contributed by atoms with van der Waals surface area (Å²) in [7, 11) is 2.00. The molecule has 88 valence electrons. The first-order valence-corrected chi connectivity index (χ1v) is 5.98. The van der Waals surface area contributed by atoms with Crippen molar-refractivity contribution < 1.29 is 0 Å². The molecule has 17 heavy (non-hydrogen) atoms. The Morgan fingerprint density at radius 1 is 1.12 bits per heavy atom. The number of rotatable bonds is 5. The van der Waals surface area contributed by atoms with Crippen molar-refractivity contribution in [2.24, 2.45) is 0 Å². The Kier molecular flexibility index (Phi) is 4.28. The number of likely N-dealkylation sites (N-methyl/N-ethyl adjacent to an activating group) is 1. The third-order valence-electron chi connectivity index (χ3n) is 2.93. The van der Waals surface area contributed by atoms with Gasteiger partial charge >= 0.3 is 0 Å². The zero-order chi connectivity index (χ0) is 11.9. The third kappa shape index (κ3) is 3.40. The summed E-state index contributed by atoms with van der Waals surface area (Å²) in [5.41, 5.74) is 2.67. The molecule has 1 N–H and O–H groups in total. The van der Waals surface area contributed by atoms with Gasteiger partial charge in [-0.1, -0.05) is 36.4 Å². The summed E-state index contributed by atoms with van der Waals surface area (Å²) < 4.78 is 0. The van der Waals surface area contributed by atoms with Crippen molar-refractivity contribution >= 4 is 0 Å². The predicted octanol–water partition coefficient (Wildman–Crippen LogP) is 2.63. The second-order valence-corrected chi connectivity index (χ2v) is 4.23. The van der Waals surface area contributed by atoms with Gasteiger partial charge in [-0.25, -0.2) is 0 Å². The molecule has 0 aliphatic rings. The maximum Gasteiger partial charge on any atom is 0.0300 e. The highest BCUT2D eigenvalue weighted by Gasteiger charge is 2.10. The summed E-state index contributed by atoms with van der Waals surface area (Å²) in [5.74, 6) is 0.505. The van der Waals surface area contributed by atoms with Gasteiger partial charge in [-0.2, -0.15) is 0 Å². The van der Waals surface area contributed by atoms with Crippen LogP contribution in [0.3, 0.4) is 0 Å². The largest absolute Gasteiger partial charge is 0.319 e. The molecule has 2 nitrogen and oxygen atoms in total. The van der Waals surface area contributed by atoms with E-state index >= 15 is 0 Å². The lowest BCUT2D eigenvalue weighted by molar-refractivity contribution is 0.625. The van der Waals surface area contributed by atoms with Crippen LogP contribution in [0.25, 0.3) is 0 Å². The quantitative estimate of drug-likeness (QED) is 0.847. The van der Waals surface area contributed by atoms with E-state index in [1.807, 2.05) is 25.5 Å². The summed E-state index contributed by atoms with van der Waals surface area (Å²) in [5, 5.41) is 3.27. The Balaban J connectivity index is 2.13. The Morgan fingerprint density at radius 3 is 2.59 bits per heavy atom. The third-order valence-corrected chi connectivity index (χ3v) is 2.93. The van der Waals surface area contributed by atoms with Crippen LogP contribution in [0, 0.1) is 0 Å². The first-order chi connectivity index (χ1) is 8.40. The lowest BCUT2D eigenvalue weighted by Gasteiger charge is -2.16. The van der Waals surface area contributed by atoms with Gasteiger partial charge in [0, 0.05) is 24.9 Å². The van der Waals surface area contributed by atoms with Gasteiger partial charge in [0.2, 0.25) is 0 Å². The smallest absolute Gasteiger partial charge is 0.0300 e. The SMILES string of the molecule is CNCC(Cc1cccnc1)c1ccccc1. The molecule has 1 atom stereocenters. The maximum atomic E-state index is 4.17. The second-order valence-electron chi connectivity index (χ2n) is 4.23. The normalized spacial score (nSPS) is 12.3. The molecule has 0 fully saturated rings. The number of pyridine rings is 1. The molecule has 0 bridgehead atoms. The van der Waals surface area contributed by atoms with Crippen LogP contribution in [0.1, 0.15) is 17.0 Å². The lowest BCUT2D eigenvalue weighted by atomic mass is 9.92. The van der Waals surface area contributed by atoms with E-state index in [0.29, 0.717) is 5.92 Å². The van der Waals surface area contributed by atoms with E-state index in [4.69, 9.17) is 0 Å². The fourth-order valence-electron chi connectivity index (χ4n) is 2.08. The molecule has 0 spiro atoms. The van der Waals surface area contributed by atoms with E-state index in [1.165, 1.54) is 11.1 Å². The van der Waals surface area contributed by atoms with Crippen molar-refractivity contribution in [3.63, 3.8) is 0 Å². The summed E-state index contributed by atoms with van der Waals surface area (Å²) in [6, 6.07) is 14.8. The topological polar surface area (TPSA) is 24.9 Å². The molecule has 1 unspecified atom stereocenters. The zero-order valence-corrected chi connectivity index (χ0v) is 10.1. The van der Waals surface area contributed by atoms with Crippen LogP contribution in [0.2, 0.25) is 0 Å². The first kappa shape index (κ1) is 11.8. The monoisotopic (exact) mass is 226 g/mol. The molecular weight excluding hydrogens is 208 g/mol. The van der Waals surface area contributed by atoms with Crippen molar-refractivity contribution in [2.75, 3.05) is 13.6 Å². The zero-order valence-electron chi connectivity index (χ0n) is 10.1. The number of nitrogens with zero attached hydrogens (tertiary/aromatic N) is 1. The van der Waals surface area contributed by atoms with E-state index in [-0.39, 0.29) is 0 Å². The molecule has 0 saturated heterocycles. The fraction of sp³-hybridized carbons (Fsp3) is 0.267. The van der Waals surface area contributed by atoms with Crippen molar-refractivity contribution in [1.29, 1.82) is 0 Å². The lowest BCUT2D eigenvalue weighted by Crippen LogP contribution is -2.19. The second kappa shape index (κ2) is 6.16. The molecule has 0 aliphatic heterocycles. The minimum atomic E-state index is 0.505. The molecule has 0 aliphatic carbocycles. The number of hydrogen-bond acceptors (Lipinski definition) is 2. The first-order valence-electron chi connectivity index (χ1n) is 5.98. The summed E-state index contributed by atoms with van der Waals surface area (Å²) in [6.07, 6.45) is 4.80. The van der Waals surface area contributed by atoms with Crippen molar-refractivity contribution in [3.05, 3.63) is 66.0 Å². The van der Waals surface area contributed by atoms with Crippen LogP contribution in [0.15, 0.2) is 54.9 Å². The van der Waals surface area contributed by atoms with Gasteiger partial charge < -0.3 is 5.32 Å². The van der Waals surface area contributed by atoms with Crippen LogP contribution in [-0.2, 0) is 6.42 Å². The Bertz CT molecular complexity index is 425. The number of benzene rings is 1. The number of nitrogens with one attached hydrogen (secondary N) is 1. The maximum absolute atomic E-state index is 4.17. The molecule has 1 aromatic heterocycles. The molecule has 0 saturated carbocycles. The molecule has 0 amide bonds. The van der Waals surface area contributed by atoms with Crippen LogP contribution in [-0.4, -0.2) is 18.6 Å². The average Bonchev–Trinajstić information content (AvgIpc) is 2.40. The van der Waals surface area contributed by atoms with Crippen LogP contribution < -0.4 is 5.32 Å². The van der Waals surface area contributed by atoms with E-state index in [2.05, 4.69) is 46.7 Å². The van der Waals surface area contributed by atoms with Gasteiger partial charge in [-0.3, -0.25) is 4.98 Å². The Labute approximate surface area is 103 Å². The van der Waals surface area contributed by atoms with Gasteiger partial charge in [-0.05, 0) is 30.7 Å². The number of hydrogen-bond donors (Lipinski definition) is 1. The molecule has 1 heterocycles. The van der Waals surface area contributed by atoms with Crippen molar-refractivity contribution in [2.45, 2.75) is 12.3 Å². The van der Waals surface area contributed by atoms with Gasteiger partial charge in [0.25, 0.3) is 0 Å². The van der Waals surface area contributed by atoms with Crippen LogP contribution in [0.4, 0.5) is 0 Å². The molecular formula is C15H18N2. The minimum Gasteiger partial charge on any atom is -0.319 e. The minimum absolute atomic E-state index is 0.505. The van der Waals surface area contributed by atoms with Gasteiger partial charge in [0.1, 0.15) is 0 Å². The molecule has 2 rings (SSSR count). The number of aromatic nitrogens is 1. The highest BCUT2D eigenvalue weighted by Crippen LogP contribution is 2.19. The van der Waals surface area contributed by atoms with E-state index < -0.39 is 0 Å². The standard InChI is InChI=1S/C15H18N2/c1-16-12-15(14-7-3-2-4-8-14)10-13-6-5-9-17-11-13/h2-9,11,15-16H,10,12H2,1H3. The highest BCUT2D eigenvalue weighted by molar-refractivity contribution is 5.23. The predicted molar refractivity (Wildman–Crippen MR) is 71.1 cm³/mol. The molecule has 0 radical (unpaired) electrons. The van der Waals surface area contributed by atoms with Crippen LogP contribution in [0.5, 0.6) is 0 Å². The van der Waals surface area contributed by atoms with Gasteiger partial charge in [-0.15, -0.1) is 0 Å². The molecule has 2 aromatic rings.